The molecule has 4 heteroatoms. The molecule has 0 spiro atoms. The quantitative estimate of drug-likeness (QED) is 0.623. The maximum Gasteiger partial charge on any atom is 0.0826 e. The molecule has 16 heavy (non-hydrogen) atoms. The Hall–Kier alpha value is -0.160. The molecule has 0 radical (unpaired) electrons. The van der Waals surface area contributed by atoms with Crippen molar-refractivity contribution in [2.45, 2.75) is 25.9 Å². The van der Waals surface area contributed by atoms with Gasteiger partial charge in [0.05, 0.1) is 19.3 Å². The monoisotopic (exact) mass is 230 g/mol. The van der Waals surface area contributed by atoms with Crippen molar-refractivity contribution in [1.29, 1.82) is 0 Å². The van der Waals surface area contributed by atoms with Crippen LogP contribution in [0.4, 0.5) is 0 Å². The number of hydrogen-bond donors (Lipinski definition) is 1. The summed E-state index contributed by atoms with van der Waals surface area (Å²) in [4.78, 5) is 2.31. The molecule has 0 amide bonds. The molecular formula is C12H26N2O2. The van der Waals surface area contributed by atoms with Gasteiger partial charge in [0.15, 0.2) is 0 Å². The number of likely N-dealkylation sites (N-methyl/N-ethyl adjacent to an activating group) is 1. The molecule has 0 aromatic heterocycles. The molecule has 0 aromatic rings. The van der Waals surface area contributed by atoms with Crippen molar-refractivity contribution < 1.29 is 9.47 Å². The van der Waals surface area contributed by atoms with E-state index >= 15 is 0 Å². The van der Waals surface area contributed by atoms with Crippen LogP contribution in [0.3, 0.4) is 0 Å². The molecular weight excluding hydrogens is 204 g/mol. The van der Waals surface area contributed by atoms with Gasteiger partial charge in [-0.25, -0.2) is 0 Å². The van der Waals surface area contributed by atoms with Gasteiger partial charge in [0, 0.05) is 32.8 Å². The lowest BCUT2D eigenvalue weighted by Gasteiger charge is -2.30. The molecule has 1 atom stereocenters. The summed E-state index contributed by atoms with van der Waals surface area (Å²) in [5.41, 5.74) is 0. The number of unbranched alkanes of at least 4 members (excludes halogenated alkanes) is 1. The van der Waals surface area contributed by atoms with Crippen molar-refractivity contribution in [3.05, 3.63) is 0 Å². The van der Waals surface area contributed by atoms with E-state index < -0.39 is 0 Å². The number of hydrogen-bond acceptors (Lipinski definition) is 4. The van der Waals surface area contributed by atoms with Gasteiger partial charge in [-0.1, -0.05) is 13.3 Å². The van der Waals surface area contributed by atoms with Gasteiger partial charge in [0.2, 0.25) is 0 Å². The second-order valence-electron chi connectivity index (χ2n) is 4.43. The van der Waals surface area contributed by atoms with Crippen LogP contribution in [-0.4, -0.2) is 64.1 Å². The minimum atomic E-state index is 0.342. The number of ether oxygens (including phenoxy) is 2. The molecule has 0 bridgehead atoms. The fourth-order valence-electron chi connectivity index (χ4n) is 1.75. The Labute approximate surface area is 99.3 Å². The highest BCUT2D eigenvalue weighted by atomic mass is 16.5. The summed E-state index contributed by atoms with van der Waals surface area (Å²) >= 11 is 0. The smallest absolute Gasteiger partial charge is 0.0826 e. The van der Waals surface area contributed by atoms with Crippen LogP contribution in [0.5, 0.6) is 0 Å². The molecule has 0 aromatic carbocycles. The Bertz CT molecular complexity index is 167. The fraction of sp³-hybridized carbons (Fsp3) is 1.00. The molecule has 1 aliphatic rings. The lowest BCUT2D eigenvalue weighted by molar-refractivity contribution is -0.0187. The molecule has 1 rings (SSSR count). The topological polar surface area (TPSA) is 33.7 Å². The lowest BCUT2D eigenvalue weighted by atomic mass is 10.3. The third-order valence-electron chi connectivity index (χ3n) is 2.78. The highest BCUT2D eigenvalue weighted by Crippen LogP contribution is 2.01. The first-order valence-electron chi connectivity index (χ1n) is 6.41. The van der Waals surface area contributed by atoms with Crippen LogP contribution in [0.1, 0.15) is 19.8 Å². The van der Waals surface area contributed by atoms with E-state index in [2.05, 4.69) is 24.2 Å². The van der Waals surface area contributed by atoms with Crippen LogP contribution < -0.4 is 5.32 Å². The van der Waals surface area contributed by atoms with Gasteiger partial charge < -0.3 is 19.7 Å². The molecule has 1 fully saturated rings. The second kappa shape index (κ2) is 8.93. The fourth-order valence-corrected chi connectivity index (χ4v) is 1.75. The van der Waals surface area contributed by atoms with E-state index in [4.69, 9.17) is 9.47 Å². The van der Waals surface area contributed by atoms with Crippen molar-refractivity contribution in [3.63, 3.8) is 0 Å². The van der Waals surface area contributed by atoms with Gasteiger partial charge in [-0.05, 0) is 13.5 Å². The summed E-state index contributed by atoms with van der Waals surface area (Å²) in [5.74, 6) is 0. The largest absolute Gasteiger partial charge is 0.380 e. The Kier molecular flexibility index (Phi) is 7.76. The van der Waals surface area contributed by atoms with Crippen LogP contribution in [-0.2, 0) is 9.47 Å². The first-order valence-corrected chi connectivity index (χ1v) is 6.41. The maximum absolute atomic E-state index is 5.65. The van der Waals surface area contributed by atoms with Crippen molar-refractivity contribution in [2.24, 2.45) is 0 Å². The highest BCUT2D eigenvalue weighted by molar-refractivity contribution is 4.70. The lowest BCUT2D eigenvalue weighted by Crippen LogP contribution is -2.45. The van der Waals surface area contributed by atoms with E-state index in [1.807, 2.05) is 0 Å². The molecule has 1 N–H and O–H groups in total. The highest BCUT2D eigenvalue weighted by Gasteiger charge is 2.16. The summed E-state index contributed by atoms with van der Waals surface area (Å²) in [5, 5.41) is 3.38. The van der Waals surface area contributed by atoms with Crippen molar-refractivity contribution in [3.8, 4) is 0 Å². The van der Waals surface area contributed by atoms with E-state index in [0.29, 0.717) is 6.10 Å². The van der Waals surface area contributed by atoms with Crippen LogP contribution in [0, 0.1) is 0 Å². The minimum absolute atomic E-state index is 0.342. The van der Waals surface area contributed by atoms with Gasteiger partial charge in [0.1, 0.15) is 0 Å². The Morgan fingerprint density at radius 2 is 2.31 bits per heavy atom. The summed E-state index contributed by atoms with van der Waals surface area (Å²) in [6.07, 6.45) is 2.71. The van der Waals surface area contributed by atoms with Crippen LogP contribution >= 0.6 is 0 Å². The number of morpholine rings is 1. The molecule has 0 aliphatic carbocycles. The summed E-state index contributed by atoms with van der Waals surface area (Å²) < 4.78 is 11.1. The van der Waals surface area contributed by atoms with Gasteiger partial charge >= 0.3 is 0 Å². The van der Waals surface area contributed by atoms with Crippen molar-refractivity contribution in [1.82, 2.24) is 10.2 Å². The molecule has 1 aliphatic heterocycles. The number of rotatable bonds is 8. The average molecular weight is 230 g/mol. The van der Waals surface area contributed by atoms with E-state index in [-0.39, 0.29) is 0 Å². The summed E-state index contributed by atoms with van der Waals surface area (Å²) in [6.45, 7) is 8.67. The third kappa shape index (κ3) is 6.43. The van der Waals surface area contributed by atoms with Gasteiger partial charge in [-0.3, -0.25) is 0 Å². The minimum Gasteiger partial charge on any atom is -0.380 e. The first kappa shape index (κ1) is 13.9. The van der Waals surface area contributed by atoms with Gasteiger partial charge in [-0.2, -0.15) is 0 Å². The van der Waals surface area contributed by atoms with Gasteiger partial charge in [-0.15, -0.1) is 0 Å². The zero-order valence-electron chi connectivity index (χ0n) is 10.7. The number of nitrogens with zero attached hydrogens (tertiary/aromatic N) is 1. The predicted octanol–water partition coefficient (Wildman–Crippen LogP) is 0.723. The second-order valence-corrected chi connectivity index (χ2v) is 4.43. The first-order chi connectivity index (χ1) is 7.83. The average Bonchev–Trinajstić information content (AvgIpc) is 2.28. The Morgan fingerprint density at radius 1 is 1.44 bits per heavy atom. The van der Waals surface area contributed by atoms with Crippen LogP contribution in [0.25, 0.3) is 0 Å². The van der Waals surface area contributed by atoms with E-state index in [9.17, 15) is 0 Å². The zero-order valence-corrected chi connectivity index (χ0v) is 10.7. The molecule has 1 saturated heterocycles. The Morgan fingerprint density at radius 3 is 3.06 bits per heavy atom. The van der Waals surface area contributed by atoms with Crippen molar-refractivity contribution in [2.75, 3.05) is 53.0 Å². The Balaban J connectivity index is 1.86. The number of nitrogens with one attached hydrogen (secondary N) is 1. The molecule has 1 unspecified atom stereocenters. The summed E-state index contributed by atoms with van der Waals surface area (Å²) in [7, 11) is 2.14. The third-order valence-corrected chi connectivity index (χ3v) is 2.78. The zero-order chi connectivity index (χ0) is 11.6. The maximum atomic E-state index is 5.65. The predicted molar refractivity (Wildman–Crippen MR) is 65.8 cm³/mol. The van der Waals surface area contributed by atoms with Crippen LogP contribution in [0.15, 0.2) is 0 Å². The SMILES string of the molecule is CCCCOCCNCC1CN(C)CCO1. The van der Waals surface area contributed by atoms with Crippen LogP contribution in [0.2, 0.25) is 0 Å². The van der Waals surface area contributed by atoms with Gasteiger partial charge in [0.25, 0.3) is 0 Å². The normalized spacial score (nSPS) is 22.5. The van der Waals surface area contributed by atoms with E-state index in [1.165, 1.54) is 6.42 Å². The van der Waals surface area contributed by atoms with E-state index in [1.54, 1.807) is 0 Å². The molecule has 4 nitrogen and oxygen atoms in total. The molecule has 96 valence electrons. The molecule has 0 saturated carbocycles. The van der Waals surface area contributed by atoms with E-state index in [0.717, 1.165) is 52.4 Å². The van der Waals surface area contributed by atoms with Crippen molar-refractivity contribution >= 4 is 0 Å². The molecule has 1 heterocycles. The standard InChI is InChI=1S/C12H26N2O2/c1-3-4-7-15-8-5-13-10-12-11-14(2)6-9-16-12/h12-13H,3-11H2,1-2H3. The summed E-state index contributed by atoms with van der Waals surface area (Å²) in [6, 6.07) is 0.